The summed E-state index contributed by atoms with van der Waals surface area (Å²) < 4.78 is 26.1. The van der Waals surface area contributed by atoms with E-state index in [0.29, 0.717) is 35.7 Å². The van der Waals surface area contributed by atoms with Crippen LogP contribution in [0.2, 0.25) is 0 Å². The molecule has 0 bridgehead atoms. The number of fused-ring (bicyclic) bond motifs is 3. The monoisotopic (exact) mass is 343 g/mol. The van der Waals surface area contributed by atoms with Crippen LogP contribution in [0.1, 0.15) is 22.1 Å². The lowest BCUT2D eigenvalue weighted by molar-refractivity contribution is -0.133. The average Bonchev–Trinajstić information content (AvgIpc) is 3.27. The lowest BCUT2D eigenvalue weighted by Gasteiger charge is -2.17. The first-order valence-corrected chi connectivity index (χ1v) is 8.14. The number of aryl methyl sites for hydroxylation is 2. The summed E-state index contributed by atoms with van der Waals surface area (Å²) in [7, 11) is 0. The molecule has 1 N–H and O–H groups in total. The number of aliphatic hydroxyl groups is 1. The zero-order valence-electron chi connectivity index (χ0n) is 16.8. The van der Waals surface area contributed by atoms with Crippen LogP contribution in [-0.4, -0.2) is 50.0 Å². The molecule has 1 saturated heterocycles. The van der Waals surface area contributed by atoms with Crippen molar-refractivity contribution >= 4 is 27.7 Å². The smallest absolute Gasteiger partial charge is 0.259 e. The van der Waals surface area contributed by atoms with Crippen LogP contribution in [0.4, 0.5) is 0 Å². The van der Waals surface area contributed by atoms with Crippen molar-refractivity contribution < 1.29 is 14.0 Å². The number of nitrogens with zero attached hydrogens (tertiary/aromatic N) is 4. The predicted octanol–water partition coefficient (Wildman–Crippen LogP) is 0.962. The second-order valence-electron chi connectivity index (χ2n) is 6.46. The van der Waals surface area contributed by atoms with Gasteiger partial charge < -0.3 is 10.0 Å². The Labute approximate surface area is 148 Å². The molecule has 1 aliphatic heterocycles. The second-order valence-corrected chi connectivity index (χ2v) is 6.46. The van der Waals surface area contributed by atoms with E-state index in [2.05, 4.69) is 5.10 Å². The van der Waals surface area contributed by atoms with Crippen molar-refractivity contribution in [1.29, 1.82) is 0 Å². The summed E-state index contributed by atoms with van der Waals surface area (Å²) >= 11 is 0. The van der Waals surface area contributed by atoms with Gasteiger partial charge in [0, 0.05) is 35.0 Å². The molecule has 1 aromatic carbocycles. The fourth-order valence-corrected chi connectivity index (χ4v) is 3.59. The minimum absolute atomic E-state index is 0.227. The Hall–Kier alpha value is -2.67. The van der Waals surface area contributed by atoms with Gasteiger partial charge in [0.2, 0.25) is 5.91 Å². The van der Waals surface area contributed by atoms with Crippen LogP contribution < -0.4 is 5.56 Å². The SMILES string of the molecule is [2H]C([2H])([2H])n1c(=O)c2cc(C)ccc2c2cnn(C3CCN(C(=O)CO)C3)c21. The van der Waals surface area contributed by atoms with Gasteiger partial charge in [-0.2, -0.15) is 5.10 Å². The van der Waals surface area contributed by atoms with E-state index in [9.17, 15) is 9.59 Å². The Morgan fingerprint density at radius 2 is 2.24 bits per heavy atom. The van der Waals surface area contributed by atoms with E-state index in [-0.39, 0.29) is 17.6 Å². The number of benzene rings is 1. The van der Waals surface area contributed by atoms with Crippen molar-refractivity contribution in [2.75, 3.05) is 19.7 Å². The number of aromatic nitrogens is 3. The molecule has 7 nitrogen and oxygen atoms in total. The molecule has 0 spiro atoms. The van der Waals surface area contributed by atoms with Gasteiger partial charge in [0.25, 0.3) is 5.56 Å². The van der Waals surface area contributed by atoms with Crippen LogP contribution in [0.15, 0.2) is 29.2 Å². The molecule has 1 fully saturated rings. The zero-order valence-corrected chi connectivity index (χ0v) is 13.8. The van der Waals surface area contributed by atoms with Gasteiger partial charge in [-0.25, -0.2) is 4.68 Å². The third-order valence-corrected chi connectivity index (χ3v) is 4.88. The van der Waals surface area contributed by atoms with E-state index in [0.717, 1.165) is 10.1 Å². The fourth-order valence-electron chi connectivity index (χ4n) is 3.59. The van der Waals surface area contributed by atoms with Crippen LogP contribution in [0.5, 0.6) is 0 Å². The quantitative estimate of drug-likeness (QED) is 0.752. The molecular formula is C18H20N4O3. The maximum atomic E-state index is 13.1. The maximum absolute atomic E-state index is 13.1. The van der Waals surface area contributed by atoms with Gasteiger partial charge in [0.15, 0.2) is 0 Å². The van der Waals surface area contributed by atoms with Gasteiger partial charge in [-0.15, -0.1) is 0 Å². The summed E-state index contributed by atoms with van der Waals surface area (Å²) in [5.74, 6) is -0.381. The highest BCUT2D eigenvalue weighted by Gasteiger charge is 2.29. The number of amides is 1. The lowest BCUT2D eigenvalue weighted by atomic mass is 10.1. The molecule has 2 aromatic heterocycles. The number of carbonyl (C=O) groups excluding carboxylic acids is 1. The largest absolute Gasteiger partial charge is 0.387 e. The van der Waals surface area contributed by atoms with E-state index < -0.39 is 19.1 Å². The van der Waals surface area contributed by atoms with Crippen LogP contribution in [0, 0.1) is 6.92 Å². The Morgan fingerprint density at radius 1 is 1.40 bits per heavy atom. The first-order chi connectivity index (χ1) is 13.2. The Kier molecular flexibility index (Phi) is 2.89. The molecule has 1 amide bonds. The van der Waals surface area contributed by atoms with Gasteiger partial charge in [-0.3, -0.25) is 14.2 Å². The first kappa shape index (κ1) is 12.7. The fraction of sp³-hybridized carbons (Fsp3) is 0.389. The minimum Gasteiger partial charge on any atom is -0.387 e. The average molecular weight is 343 g/mol. The number of hydrogen-bond acceptors (Lipinski definition) is 4. The molecule has 1 aliphatic rings. The molecule has 25 heavy (non-hydrogen) atoms. The topological polar surface area (TPSA) is 80.4 Å². The molecule has 1 atom stereocenters. The Bertz CT molecular complexity index is 1150. The number of pyridine rings is 1. The second kappa shape index (κ2) is 5.70. The lowest BCUT2D eigenvalue weighted by Crippen LogP contribution is -2.31. The normalized spacial score (nSPS) is 20.0. The van der Waals surface area contributed by atoms with E-state index in [1.165, 1.54) is 9.58 Å². The molecule has 3 aromatic rings. The van der Waals surface area contributed by atoms with E-state index >= 15 is 0 Å². The minimum atomic E-state index is -2.68. The molecule has 1 unspecified atom stereocenters. The van der Waals surface area contributed by atoms with Crippen LogP contribution >= 0.6 is 0 Å². The number of rotatable bonds is 2. The van der Waals surface area contributed by atoms with E-state index in [1.807, 2.05) is 13.0 Å². The third kappa shape index (κ3) is 2.34. The van der Waals surface area contributed by atoms with Gasteiger partial charge in [-0.1, -0.05) is 17.7 Å². The Balaban J connectivity index is 1.98. The Morgan fingerprint density at radius 3 is 3.00 bits per heavy atom. The van der Waals surface area contributed by atoms with Gasteiger partial charge in [-0.05, 0) is 24.8 Å². The molecule has 0 aliphatic carbocycles. The van der Waals surface area contributed by atoms with Crippen LogP contribution in [0.25, 0.3) is 21.8 Å². The molecule has 0 radical (unpaired) electrons. The molecule has 0 saturated carbocycles. The summed E-state index contributed by atoms with van der Waals surface area (Å²) in [4.78, 5) is 26.4. The first-order valence-electron chi connectivity index (χ1n) is 9.64. The predicted molar refractivity (Wildman–Crippen MR) is 94.5 cm³/mol. The van der Waals surface area contributed by atoms with Crippen molar-refractivity contribution in [2.24, 2.45) is 6.98 Å². The number of aliphatic hydroxyl groups excluding tert-OH is 1. The maximum Gasteiger partial charge on any atom is 0.259 e. The molecule has 130 valence electrons. The molecule has 7 heteroatoms. The van der Waals surface area contributed by atoms with Crippen molar-refractivity contribution in [3.8, 4) is 0 Å². The van der Waals surface area contributed by atoms with Crippen molar-refractivity contribution in [1.82, 2.24) is 19.2 Å². The number of likely N-dealkylation sites (tertiary alicyclic amines) is 1. The van der Waals surface area contributed by atoms with E-state index in [1.54, 1.807) is 18.3 Å². The van der Waals surface area contributed by atoms with Crippen LogP contribution in [0.3, 0.4) is 0 Å². The summed E-state index contributed by atoms with van der Waals surface area (Å²) in [5.41, 5.74) is 0.501. The molecule has 4 rings (SSSR count). The standard InChI is InChI=1S/C18H20N4O3/c1-11-3-4-13-14(7-11)18(25)20(2)17-15(13)8-19-22(17)12-5-6-21(9-12)16(24)10-23/h3-4,7-8,12,23H,5-6,9-10H2,1-2H3/i2D3. The van der Waals surface area contributed by atoms with Gasteiger partial charge in [0.1, 0.15) is 12.3 Å². The highest BCUT2D eigenvalue weighted by atomic mass is 16.3. The third-order valence-electron chi connectivity index (χ3n) is 4.88. The van der Waals surface area contributed by atoms with Gasteiger partial charge >= 0.3 is 0 Å². The highest BCUT2D eigenvalue weighted by molar-refractivity contribution is 6.04. The highest BCUT2D eigenvalue weighted by Crippen LogP contribution is 2.28. The summed E-state index contributed by atoms with van der Waals surface area (Å²) in [6, 6.07) is 5.09. The van der Waals surface area contributed by atoms with Crippen molar-refractivity contribution in [3.05, 3.63) is 40.3 Å². The van der Waals surface area contributed by atoms with Gasteiger partial charge in [0.05, 0.1) is 12.2 Å². The zero-order chi connectivity index (χ0) is 20.2. The summed E-state index contributed by atoms with van der Waals surface area (Å²) in [5, 5.41) is 15.0. The molecule has 3 heterocycles. The van der Waals surface area contributed by atoms with E-state index in [4.69, 9.17) is 9.22 Å². The summed E-state index contributed by atoms with van der Waals surface area (Å²) in [6.07, 6.45) is 2.13. The van der Waals surface area contributed by atoms with Crippen molar-refractivity contribution in [3.63, 3.8) is 0 Å². The number of carbonyl (C=O) groups is 1. The van der Waals surface area contributed by atoms with Crippen LogP contribution in [-0.2, 0) is 11.8 Å². The summed E-state index contributed by atoms with van der Waals surface area (Å²) in [6.45, 7) is -0.661. The van der Waals surface area contributed by atoms with Crippen molar-refractivity contribution in [2.45, 2.75) is 19.4 Å². The molecular weight excluding hydrogens is 320 g/mol. The number of hydrogen-bond donors (Lipinski definition) is 1.